The molecular formula is C18H18ClFN2O3. The van der Waals surface area contributed by atoms with Gasteiger partial charge in [0.05, 0.1) is 13.7 Å². The maximum absolute atomic E-state index is 13.8. The Morgan fingerprint density at radius 1 is 1.20 bits per heavy atom. The predicted octanol–water partition coefficient (Wildman–Crippen LogP) is 2.88. The monoisotopic (exact) mass is 364 g/mol. The van der Waals surface area contributed by atoms with Gasteiger partial charge in [0.25, 0.3) is 5.91 Å². The van der Waals surface area contributed by atoms with Crippen LogP contribution in [0, 0.1) is 5.82 Å². The molecule has 0 aliphatic heterocycles. The van der Waals surface area contributed by atoms with Crippen molar-refractivity contribution in [3.05, 3.63) is 64.4 Å². The highest BCUT2D eigenvalue weighted by Gasteiger charge is 2.15. The molecule has 0 aliphatic rings. The van der Waals surface area contributed by atoms with Crippen LogP contribution < -0.4 is 10.1 Å². The van der Waals surface area contributed by atoms with Gasteiger partial charge in [0, 0.05) is 29.7 Å². The topological polar surface area (TPSA) is 58.6 Å². The Bertz CT molecular complexity index is 745. The predicted molar refractivity (Wildman–Crippen MR) is 93.2 cm³/mol. The third-order valence-corrected chi connectivity index (χ3v) is 3.99. The Morgan fingerprint density at radius 2 is 1.88 bits per heavy atom. The number of halogens is 2. The molecule has 0 bridgehead atoms. The molecule has 0 saturated heterocycles. The Hall–Kier alpha value is -2.60. The molecule has 0 spiro atoms. The number of methoxy groups -OCH3 is 1. The molecule has 25 heavy (non-hydrogen) atoms. The second-order valence-electron chi connectivity index (χ2n) is 5.36. The number of benzene rings is 2. The fraction of sp³-hybridized carbons (Fsp3) is 0.222. The van der Waals surface area contributed by atoms with E-state index in [9.17, 15) is 14.0 Å². The van der Waals surface area contributed by atoms with Crippen LogP contribution in [-0.4, -0.2) is 37.4 Å². The maximum Gasteiger partial charge on any atom is 0.251 e. The number of hydrogen-bond donors (Lipinski definition) is 1. The molecule has 0 fully saturated rings. The summed E-state index contributed by atoms with van der Waals surface area (Å²) in [5.74, 6) is -0.585. The van der Waals surface area contributed by atoms with Gasteiger partial charge >= 0.3 is 0 Å². The van der Waals surface area contributed by atoms with E-state index < -0.39 is 5.82 Å². The summed E-state index contributed by atoms with van der Waals surface area (Å²) in [6.45, 7) is -0.184. The molecule has 7 heteroatoms. The van der Waals surface area contributed by atoms with Crippen LogP contribution >= 0.6 is 11.6 Å². The highest BCUT2D eigenvalue weighted by atomic mass is 35.5. The van der Waals surface area contributed by atoms with E-state index in [2.05, 4.69) is 5.32 Å². The van der Waals surface area contributed by atoms with Crippen LogP contribution in [0.25, 0.3) is 0 Å². The van der Waals surface area contributed by atoms with Gasteiger partial charge in [-0.25, -0.2) is 4.39 Å². The van der Waals surface area contributed by atoms with Gasteiger partial charge in [-0.3, -0.25) is 9.59 Å². The lowest BCUT2D eigenvalue weighted by atomic mass is 10.2. The van der Waals surface area contributed by atoms with Gasteiger partial charge in [0.2, 0.25) is 5.91 Å². The zero-order chi connectivity index (χ0) is 18.4. The average Bonchev–Trinajstić information content (AvgIpc) is 2.62. The van der Waals surface area contributed by atoms with Gasteiger partial charge < -0.3 is 15.0 Å². The summed E-state index contributed by atoms with van der Waals surface area (Å²) in [5, 5.41) is 2.79. The Kier molecular flexibility index (Phi) is 6.36. The van der Waals surface area contributed by atoms with Crippen LogP contribution in [0.15, 0.2) is 42.5 Å². The van der Waals surface area contributed by atoms with E-state index >= 15 is 0 Å². The van der Waals surface area contributed by atoms with E-state index in [1.54, 1.807) is 30.3 Å². The number of nitrogens with one attached hydrogen (secondary N) is 1. The summed E-state index contributed by atoms with van der Waals surface area (Å²) in [5.41, 5.74) is 0.648. The fourth-order valence-electron chi connectivity index (χ4n) is 2.14. The first-order valence-electron chi connectivity index (χ1n) is 7.51. The SMILES string of the molecule is COc1ccc(C(=O)NCC(=O)N(C)Cc2c(F)cccc2Cl)cc1. The molecule has 132 valence electrons. The number of amides is 2. The molecule has 0 aromatic heterocycles. The van der Waals surface area contributed by atoms with E-state index in [0.29, 0.717) is 11.3 Å². The van der Waals surface area contributed by atoms with Crippen molar-refractivity contribution in [3.8, 4) is 5.75 Å². The van der Waals surface area contributed by atoms with E-state index in [1.165, 1.54) is 31.2 Å². The Morgan fingerprint density at radius 3 is 2.48 bits per heavy atom. The van der Waals surface area contributed by atoms with Crippen molar-refractivity contribution in [2.24, 2.45) is 0 Å². The summed E-state index contributed by atoms with van der Waals surface area (Å²) in [6, 6.07) is 10.8. The summed E-state index contributed by atoms with van der Waals surface area (Å²) in [6.07, 6.45) is 0. The van der Waals surface area contributed by atoms with E-state index in [4.69, 9.17) is 16.3 Å². The van der Waals surface area contributed by atoms with Crippen molar-refractivity contribution in [2.75, 3.05) is 20.7 Å². The van der Waals surface area contributed by atoms with E-state index in [0.717, 1.165) is 0 Å². The average molecular weight is 365 g/mol. The molecule has 2 aromatic rings. The molecule has 2 rings (SSSR count). The normalized spacial score (nSPS) is 10.2. The third-order valence-electron chi connectivity index (χ3n) is 3.64. The Labute approximate surface area is 150 Å². The smallest absolute Gasteiger partial charge is 0.251 e. The van der Waals surface area contributed by atoms with Gasteiger partial charge in [0.15, 0.2) is 0 Å². The molecule has 0 radical (unpaired) electrons. The first-order valence-corrected chi connectivity index (χ1v) is 7.89. The van der Waals surface area contributed by atoms with Crippen LogP contribution in [-0.2, 0) is 11.3 Å². The van der Waals surface area contributed by atoms with Gasteiger partial charge in [-0.15, -0.1) is 0 Å². The van der Waals surface area contributed by atoms with Gasteiger partial charge in [-0.1, -0.05) is 17.7 Å². The third kappa shape index (κ3) is 4.93. The molecule has 0 aliphatic carbocycles. The minimum absolute atomic E-state index is 0.0166. The first kappa shape index (κ1) is 18.7. The highest BCUT2D eigenvalue weighted by molar-refractivity contribution is 6.31. The number of carbonyl (C=O) groups excluding carboxylic acids is 2. The number of rotatable bonds is 6. The molecule has 0 heterocycles. The molecular weight excluding hydrogens is 347 g/mol. The molecule has 0 atom stereocenters. The summed E-state index contributed by atoms with van der Waals surface area (Å²) in [7, 11) is 3.05. The van der Waals surface area contributed by atoms with Crippen LogP contribution in [0.5, 0.6) is 5.75 Å². The lowest BCUT2D eigenvalue weighted by molar-refractivity contribution is -0.129. The summed E-state index contributed by atoms with van der Waals surface area (Å²) >= 11 is 5.95. The standard InChI is InChI=1S/C18H18ClFN2O3/c1-22(11-14-15(19)4-3-5-16(14)20)17(23)10-21-18(24)12-6-8-13(25-2)9-7-12/h3-9H,10-11H2,1-2H3,(H,21,24). The number of hydrogen-bond acceptors (Lipinski definition) is 3. The zero-order valence-corrected chi connectivity index (χ0v) is 14.6. The van der Waals surface area contributed by atoms with Crippen molar-refractivity contribution in [3.63, 3.8) is 0 Å². The van der Waals surface area contributed by atoms with Crippen LogP contribution in [0.1, 0.15) is 15.9 Å². The number of carbonyl (C=O) groups is 2. The molecule has 5 nitrogen and oxygen atoms in total. The van der Waals surface area contributed by atoms with Crippen molar-refractivity contribution in [1.82, 2.24) is 10.2 Å². The largest absolute Gasteiger partial charge is 0.497 e. The van der Waals surface area contributed by atoms with Crippen molar-refractivity contribution >= 4 is 23.4 Å². The summed E-state index contributed by atoms with van der Waals surface area (Å²) < 4.78 is 18.8. The van der Waals surface area contributed by atoms with Crippen LogP contribution in [0.2, 0.25) is 5.02 Å². The molecule has 0 saturated carbocycles. The second kappa shape index (κ2) is 8.48. The van der Waals surface area contributed by atoms with Crippen LogP contribution in [0.4, 0.5) is 4.39 Å². The molecule has 2 aromatic carbocycles. The van der Waals surface area contributed by atoms with Gasteiger partial charge in [-0.05, 0) is 36.4 Å². The van der Waals surface area contributed by atoms with E-state index in [1.807, 2.05) is 0 Å². The van der Waals surface area contributed by atoms with Crippen molar-refractivity contribution in [1.29, 1.82) is 0 Å². The molecule has 2 amide bonds. The minimum atomic E-state index is -0.477. The van der Waals surface area contributed by atoms with Gasteiger partial charge in [-0.2, -0.15) is 0 Å². The van der Waals surface area contributed by atoms with Crippen LogP contribution in [0.3, 0.4) is 0 Å². The molecule has 1 N–H and O–H groups in total. The van der Waals surface area contributed by atoms with E-state index in [-0.39, 0.29) is 35.5 Å². The lowest BCUT2D eigenvalue weighted by Crippen LogP contribution is -2.38. The fourth-order valence-corrected chi connectivity index (χ4v) is 2.37. The number of ether oxygens (including phenoxy) is 1. The van der Waals surface area contributed by atoms with Crippen molar-refractivity contribution < 1.29 is 18.7 Å². The Balaban J connectivity index is 1.91. The maximum atomic E-state index is 13.8. The number of likely N-dealkylation sites (N-methyl/N-ethyl adjacent to an activating group) is 1. The second-order valence-corrected chi connectivity index (χ2v) is 5.77. The van der Waals surface area contributed by atoms with Crippen molar-refractivity contribution in [2.45, 2.75) is 6.54 Å². The minimum Gasteiger partial charge on any atom is -0.497 e. The first-order chi connectivity index (χ1) is 11.9. The quantitative estimate of drug-likeness (QED) is 0.857. The highest BCUT2D eigenvalue weighted by Crippen LogP contribution is 2.20. The number of nitrogens with zero attached hydrogens (tertiary/aromatic N) is 1. The summed E-state index contributed by atoms with van der Waals surface area (Å²) in [4.78, 5) is 25.5. The lowest BCUT2D eigenvalue weighted by Gasteiger charge is -2.18. The van der Waals surface area contributed by atoms with Gasteiger partial charge in [0.1, 0.15) is 11.6 Å². The molecule has 0 unspecified atom stereocenters. The zero-order valence-electron chi connectivity index (χ0n) is 13.9.